The molecule has 0 aliphatic heterocycles. The van der Waals surface area contributed by atoms with E-state index < -0.39 is 0 Å². The van der Waals surface area contributed by atoms with Crippen molar-refractivity contribution in [3.05, 3.63) is 21.9 Å². The molecule has 3 nitrogen and oxygen atoms in total. The summed E-state index contributed by atoms with van der Waals surface area (Å²) in [7, 11) is 1.41. The molecule has 14 heavy (non-hydrogen) atoms. The molecular formula is C10H15NO2S. The van der Waals surface area contributed by atoms with Gasteiger partial charge in [0.15, 0.2) is 0 Å². The highest BCUT2D eigenvalue weighted by Gasteiger charge is 2.00. The topological polar surface area (TPSA) is 38.3 Å². The highest BCUT2D eigenvalue weighted by Crippen LogP contribution is 2.12. The fourth-order valence-electron chi connectivity index (χ4n) is 1.08. The molecule has 0 saturated heterocycles. The average molecular weight is 213 g/mol. The molecule has 1 aromatic rings. The SMILES string of the molecule is COC(=O)CCNCc1cscc1C. The third-order valence-corrected chi connectivity index (χ3v) is 2.92. The molecule has 1 N–H and O–H groups in total. The van der Waals surface area contributed by atoms with E-state index in [9.17, 15) is 4.79 Å². The van der Waals surface area contributed by atoms with Crippen molar-refractivity contribution in [3.8, 4) is 0 Å². The molecule has 0 atom stereocenters. The Morgan fingerprint density at radius 1 is 1.57 bits per heavy atom. The van der Waals surface area contributed by atoms with Crippen LogP contribution in [0.1, 0.15) is 17.5 Å². The monoisotopic (exact) mass is 213 g/mol. The van der Waals surface area contributed by atoms with Gasteiger partial charge in [0.2, 0.25) is 0 Å². The van der Waals surface area contributed by atoms with Crippen LogP contribution in [0.3, 0.4) is 0 Å². The Hall–Kier alpha value is -0.870. The summed E-state index contributed by atoms with van der Waals surface area (Å²) >= 11 is 1.70. The van der Waals surface area contributed by atoms with E-state index in [1.807, 2.05) is 0 Å². The molecule has 0 unspecified atom stereocenters. The van der Waals surface area contributed by atoms with Crippen LogP contribution in [0.5, 0.6) is 0 Å². The Labute approximate surface area is 88.1 Å². The van der Waals surface area contributed by atoms with Crippen LogP contribution in [-0.4, -0.2) is 19.6 Å². The van der Waals surface area contributed by atoms with Gasteiger partial charge in [0.1, 0.15) is 0 Å². The van der Waals surface area contributed by atoms with Crippen LogP contribution in [0.25, 0.3) is 0 Å². The second-order valence-corrected chi connectivity index (χ2v) is 3.83. The zero-order valence-corrected chi connectivity index (χ0v) is 9.32. The summed E-state index contributed by atoms with van der Waals surface area (Å²) in [4.78, 5) is 10.8. The van der Waals surface area contributed by atoms with Gasteiger partial charge in [-0.05, 0) is 28.8 Å². The van der Waals surface area contributed by atoms with E-state index >= 15 is 0 Å². The molecule has 0 amide bonds. The lowest BCUT2D eigenvalue weighted by Gasteiger charge is -2.03. The number of rotatable bonds is 5. The van der Waals surface area contributed by atoms with Crippen LogP contribution in [0.2, 0.25) is 0 Å². The molecule has 4 heteroatoms. The van der Waals surface area contributed by atoms with Gasteiger partial charge < -0.3 is 10.1 Å². The first-order chi connectivity index (χ1) is 6.74. The number of hydrogen-bond donors (Lipinski definition) is 1. The predicted octanol–water partition coefficient (Wildman–Crippen LogP) is 1.71. The molecule has 0 aromatic carbocycles. The maximum absolute atomic E-state index is 10.8. The molecule has 0 fully saturated rings. The molecule has 1 rings (SSSR count). The maximum atomic E-state index is 10.8. The minimum Gasteiger partial charge on any atom is -0.469 e. The van der Waals surface area contributed by atoms with Crippen LogP contribution in [0.15, 0.2) is 10.8 Å². The Morgan fingerprint density at radius 3 is 2.93 bits per heavy atom. The predicted molar refractivity (Wildman–Crippen MR) is 57.4 cm³/mol. The van der Waals surface area contributed by atoms with Gasteiger partial charge in [-0.2, -0.15) is 11.3 Å². The molecule has 0 saturated carbocycles. The van der Waals surface area contributed by atoms with Gasteiger partial charge in [0.25, 0.3) is 0 Å². The van der Waals surface area contributed by atoms with Crippen LogP contribution < -0.4 is 5.32 Å². The Morgan fingerprint density at radius 2 is 2.36 bits per heavy atom. The number of methoxy groups -OCH3 is 1. The van der Waals surface area contributed by atoms with Crippen LogP contribution >= 0.6 is 11.3 Å². The summed E-state index contributed by atoms with van der Waals surface area (Å²) in [5.74, 6) is -0.167. The number of nitrogens with one attached hydrogen (secondary N) is 1. The molecule has 0 aliphatic rings. The number of aryl methyl sites for hydroxylation is 1. The van der Waals surface area contributed by atoms with Crippen molar-refractivity contribution in [1.29, 1.82) is 0 Å². The number of carbonyl (C=O) groups excluding carboxylic acids is 1. The van der Waals surface area contributed by atoms with E-state index in [-0.39, 0.29) is 5.97 Å². The second-order valence-electron chi connectivity index (χ2n) is 3.08. The minimum absolute atomic E-state index is 0.167. The zero-order chi connectivity index (χ0) is 10.4. The quantitative estimate of drug-likeness (QED) is 0.597. The molecule has 1 heterocycles. The van der Waals surface area contributed by atoms with E-state index in [1.165, 1.54) is 18.2 Å². The van der Waals surface area contributed by atoms with Gasteiger partial charge in [-0.3, -0.25) is 4.79 Å². The van der Waals surface area contributed by atoms with Crippen molar-refractivity contribution in [2.75, 3.05) is 13.7 Å². The normalized spacial score (nSPS) is 10.1. The van der Waals surface area contributed by atoms with Crippen LogP contribution in [0, 0.1) is 6.92 Å². The molecule has 0 aliphatic carbocycles. The summed E-state index contributed by atoms with van der Waals surface area (Å²) in [5, 5.41) is 7.45. The van der Waals surface area contributed by atoms with Crippen molar-refractivity contribution < 1.29 is 9.53 Å². The largest absolute Gasteiger partial charge is 0.469 e. The van der Waals surface area contributed by atoms with Crippen molar-refractivity contribution >= 4 is 17.3 Å². The van der Waals surface area contributed by atoms with E-state index in [1.54, 1.807) is 11.3 Å². The molecule has 0 bridgehead atoms. The smallest absolute Gasteiger partial charge is 0.306 e. The van der Waals surface area contributed by atoms with Gasteiger partial charge in [-0.25, -0.2) is 0 Å². The summed E-state index contributed by atoms with van der Waals surface area (Å²) in [6.45, 7) is 3.59. The van der Waals surface area contributed by atoms with E-state index in [0.29, 0.717) is 13.0 Å². The number of thiophene rings is 1. The molecule has 1 aromatic heterocycles. The highest BCUT2D eigenvalue weighted by atomic mass is 32.1. The molecule has 0 radical (unpaired) electrons. The molecular weight excluding hydrogens is 198 g/mol. The van der Waals surface area contributed by atoms with Gasteiger partial charge in [0, 0.05) is 13.1 Å². The number of hydrogen-bond acceptors (Lipinski definition) is 4. The highest BCUT2D eigenvalue weighted by molar-refractivity contribution is 7.08. The van der Waals surface area contributed by atoms with Crippen LogP contribution in [-0.2, 0) is 16.1 Å². The van der Waals surface area contributed by atoms with Crippen molar-refractivity contribution in [2.24, 2.45) is 0 Å². The fraction of sp³-hybridized carbons (Fsp3) is 0.500. The Kier molecular flexibility index (Phi) is 4.62. The molecule has 0 spiro atoms. The average Bonchev–Trinajstić information content (AvgIpc) is 2.58. The van der Waals surface area contributed by atoms with E-state index in [4.69, 9.17) is 0 Å². The van der Waals surface area contributed by atoms with Crippen molar-refractivity contribution in [2.45, 2.75) is 19.9 Å². The Bertz CT molecular complexity index is 296. The van der Waals surface area contributed by atoms with Gasteiger partial charge in [0.05, 0.1) is 13.5 Å². The summed E-state index contributed by atoms with van der Waals surface area (Å²) < 4.78 is 4.53. The lowest BCUT2D eigenvalue weighted by atomic mass is 10.2. The number of carbonyl (C=O) groups is 1. The van der Waals surface area contributed by atoms with Gasteiger partial charge in [-0.1, -0.05) is 0 Å². The Balaban J connectivity index is 2.16. The summed E-state index contributed by atoms with van der Waals surface area (Å²) in [5.41, 5.74) is 2.61. The third kappa shape index (κ3) is 3.47. The van der Waals surface area contributed by atoms with E-state index in [0.717, 1.165) is 6.54 Å². The van der Waals surface area contributed by atoms with Crippen molar-refractivity contribution in [1.82, 2.24) is 5.32 Å². The third-order valence-electron chi connectivity index (χ3n) is 2.01. The molecule has 78 valence electrons. The fourth-order valence-corrected chi connectivity index (χ4v) is 1.94. The van der Waals surface area contributed by atoms with Gasteiger partial charge in [-0.15, -0.1) is 0 Å². The summed E-state index contributed by atoms with van der Waals surface area (Å²) in [6, 6.07) is 0. The summed E-state index contributed by atoms with van der Waals surface area (Å²) in [6.07, 6.45) is 0.430. The van der Waals surface area contributed by atoms with E-state index in [2.05, 4.69) is 27.7 Å². The minimum atomic E-state index is -0.167. The number of esters is 1. The van der Waals surface area contributed by atoms with Crippen LogP contribution in [0.4, 0.5) is 0 Å². The van der Waals surface area contributed by atoms with Gasteiger partial charge >= 0.3 is 5.97 Å². The first kappa shape index (κ1) is 11.2. The maximum Gasteiger partial charge on any atom is 0.306 e. The first-order valence-corrected chi connectivity index (χ1v) is 5.47. The first-order valence-electron chi connectivity index (χ1n) is 4.53. The number of ether oxygens (including phenoxy) is 1. The second kappa shape index (κ2) is 5.78. The van der Waals surface area contributed by atoms with Crippen molar-refractivity contribution in [3.63, 3.8) is 0 Å². The zero-order valence-electron chi connectivity index (χ0n) is 8.50. The lowest BCUT2D eigenvalue weighted by molar-refractivity contribution is -0.140. The lowest BCUT2D eigenvalue weighted by Crippen LogP contribution is -2.18. The standard InChI is InChI=1S/C10H15NO2S/c1-8-6-14-7-9(8)5-11-4-3-10(12)13-2/h6-7,11H,3-5H2,1-2H3.